The van der Waals surface area contributed by atoms with Crippen LogP contribution in [0.1, 0.15) is 52.9 Å². The minimum Gasteiger partial charge on any atom is -0.370 e. The van der Waals surface area contributed by atoms with Gasteiger partial charge in [0, 0.05) is 37.1 Å². The van der Waals surface area contributed by atoms with Crippen LogP contribution in [0.4, 0.5) is 5.82 Å². The molecule has 1 amide bonds. The Morgan fingerprint density at radius 2 is 2.04 bits per heavy atom. The maximum atomic E-state index is 11.7. The van der Waals surface area contributed by atoms with Crippen LogP contribution in [0, 0.1) is 6.92 Å². The lowest BCUT2D eigenvalue weighted by Crippen LogP contribution is -2.22. The van der Waals surface area contributed by atoms with Crippen molar-refractivity contribution >= 4 is 11.7 Å². The van der Waals surface area contributed by atoms with Gasteiger partial charge < -0.3 is 10.6 Å². The number of hydrogen-bond donors (Lipinski definition) is 2. The van der Waals surface area contributed by atoms with Gasteiger partial charge in [0.1, 0.15) is 11.6 Å². The highest BCUT2D eigenvalue weighted by atomic mass is 16.1. The Morgan fingerprint density at radius 3 is 2.80 bits per heavy atom. The smallest absolute Gasteiger partial charge is 0.252 e. The molecule has 0 radical (unpaired) electrons. The van der Waals surface area contributed by atoms with E-state index in [1.54, 1.807) is 12.3 Å². The van der Waals surface area contributed by atoms with Gasteiger partial charge in [0.05, 0.1) is 5.56 Å². The van der Waals surface area contributed by atoms with Gasteiger partial charge in [0.15, 0.2) is 0 Å². The average Bonchev–Trinajstić information content (AvgIpc) is 2.62. The standard InChI is InChI=1S/C19H25N5O/c1-3-20-19(25)14-8-9-17(22-12-14)21-11-10-18-23-13(2)15-6-4-5-7-16(15)24-18/h8-9,12H,3-7,10-11H2,1-2H3,(H,20,25)(H,21,22). The van der Waals surface area contributed by atoms with Crippen LogP contribution in [0.15, 0.2) is 18.3 Å². The monoisotopic (exact) mass is 339 g/mol. The van der Waals surface area contributed by atoms with Crippen molar-refractivity contribution in [3.05, 3.63) is 46.7 Å². The molecule has 0 spiro atoms. The predicted molar refractivity (Wildman–Crippen MR) is 97.8 cm³/mol. The molecular weight excluding hydrogens is 314 g/mol. The fourth-order valence-corrected chi connectivity index (χ4v) is 3.15. The summed E-state index contributed by atoms with van der Waals surface area (Å²) in [6, 6.07) is 3.60. The number of rotatable bonds is 6. The Balaban J connectivity index is 1.56. The van der Waals surface area contributed by atoms with E-state index in [-0.39, 0.29) is 5.91 Å². The van der Waals surface area contributed by atoms with E-state index in [0.717, 1.165) is 36.6 Å². The van der Waals surface area contributed by atoms with Gasteiger partial charge in [-0.25, -0.2) is 15.0 Å². The largest absolute Gasteiger partial charge is 0.370 e. The normalized spacial score (nSPS) is 13.2. The van der Waals surface area contributed by atoms with Gasteiger partial charge in [-0.1, -0.05) is 0 Å². The van der Waals surface area contributed by atoms with Crippen LogP contribution in [0.3, 0.4) is 0 Å². The van der Waals surface area contributed by atoms with E-state index in [4.69, 9.17) is 4.98 Å². The Hall–Kier alpha value is -2.50. The lowest BCUT2D eigenvalue weighted by molar-refractivity contribution is 0.0955. The van der Waals surface area contributed by atoms with Crippen LogP contribution in [0.2, 0.25) is 0 Å². The van der Waals surface area contributed by atoms with E-state index in [9.17, 15) is 4.79 Å². The highest BCUT2D eigenvalue weighted by Crippen LogP contribution is 2.21. The van der Waals surface area contributed by atoms with Gasteiger partial charge in [0.2, 0.25) is 0 Å². The summed E-state index contributed by atoms with van der Waals surface area (Å²) in [5.74, 6) is 1.55. The molecule has 0 saturated heterocycles. The van der Waals surface area contributed by atoms with Crippen molar-refractivity contribution in [2.75, 3.05) is 18.4 Å². The molecule has 2 aromatic rings. The van der Waals surface area contributed by atoms with E-state index >= 15 is 0 Å². The Bertz CT molecular complexity index is 742. The molecule has 2 N–H and O–H groups in total. The third-order valence-electron chi connectivity index (χ3n) is 4.45. The molecule has 0 bridgehead atoms. The minimum absolute atomic E-state index is 0.0977. The van der Waals surface area contributed by atoms with Gasteiger partial charge in [-0.3, -0.25) is 4.79 Å². The number of carbonyl (C=O) groups is 1. The highest BCUT2D eigenvalue weighted by molar-refractivity contribution is 5.93. The van der Waals surface area contributed by atoms with Crippen LogP contribution in [0.5, 0.6) is 0 Å². The summed E-state index contributed by atoms with van der Waals surface area (Å²) < 4.78 is 0. The topological polar surface area (TPSA) is 79.8 Å². The summed E-state index contributed by atoms with van der Waals surface area (Å²) in [5, 5.41) is 6.03. The number of fused-ring (bicyclic) bond motifs is 1. The first-order valence-electron chi connectivity index (χ1n) is 9.00. The zero-order valence-corrected chi connectivity index (χ0v) is 14.9. The number of nitrogens with one attached hydrogen (secondary N) is 2. The van der Waals surface area contributed by atoms with E-state index < -0.39 is 0 Å². The summed E-state index contributed by atoms with van der Waals surface area (Å²) in [6.45, 7) is 5.31. The average molecular weight is 339 g/mol. The lowest BCUT2D eigenvalue weighted by Gasteiger charge is -2.17. The SMILES string of the molecule is CCNC(=O)c1ccc(NCCc2nc(C)c3c(n2)CCCC3)nc1. The molecule has 0 atom stereocenters. The molecule has 25 heavy (non-hydrogen) atoms. The van der Waals surface area contributed by atoms with Crippen molar-refractivity contribution in [2.24, 2.45) is 0 Å². The second kappa shape index (κ2) is 8.05. The molecule has 2 heterocycles. The molecule has 3 rings (SSSR count). The molecule has 132 valence electrons. The predicted octanol–water partition coefficient (Wildman–Crippen LogP) is 2.46. The Morgan fingerprint density at radius 1 is 1.20 bits per heavy atom. The van der Waals surface area contributed by atoms with E-state index in [0.29, 0.717) is 18.7 Å². The quantitative estimate of drug-likeness (QED) is 0.845. The summed E-state index contributed by atoms with van der Waals surface area (Å²) in [5.41, 5.74) is 4.29. The number of aryl methyl sites for hydroxylation is 2. The van der Waals surface area contributed by atoms with E-state index in [2.05, 4.69) is 27.5 Å². The van der Waals surface area contributed by atoms with Crippen molar-refractivity contribution in [3.8, 4) is 0 Å². The van der Waals surface area contributed by atoms with Gasteiger partial charge >= 0.3 is 0 Å². The summed E-state index contributed by atoms with van der Waals surface area (Å²) in [6.07, 6.45) is 7.00. The zero-order valence-electron chi connectivity index (χ0n) is 14.9. The van der Waals surface area contributed by atoms with Crippen LogP contribution < -0.4 is 10.6 Å². The van der Waals surface area contributed by atoms with Crippen molar-refractivity contribution in [1.82, 2.24) is 20.3 Å². The number of anilines is 1. The van der Waals surface area contributed by atoms with Gasteiger partial charge in [-0.15, -0.1) is 0 Å². The molecule has 0 saturated carbocycles. The maximum Gasteiger partial charge on any atom is 0.252 e. The van der Waals surface area contributed by atoms with Gasteiger partial charge in [0.25, 0.3) is 5.91 Å². The molecule has 0 unspecified atom stereocenters. The molecular formula is C19H25N5O. The van der Waals surface area contributed by atoms with Crippen molar-refractivity contribution in [1.29, 1.82) is 0 Å². The third-order valence-corrected chi connectivity index (χ3v) is 4.45. The van der Waals surface area contributed by atoms with Crippen LogP contribution >= 0.6 is 0 Å². The van der Waals surface area contributed by atoms with Crippen molar-refractivity contribution < 1.29 is 4.79 Å². The fraction of sp³-hybridized carbons (Fsp3) is 0.474. The van der Waals surface area contributed by atoms with Crippen molar-refractivity contribution in [3.63, 3.8) is 0 Å². The number of amides is 1. The van der Waals surface area contributed by atoms with Gasteiger partial charge in [-0.05, 0) is 57.2 Å². The molecule has 1 aliphatic rings. The highest BCUT2D eigenvalue weighted by Gasteiger charge is 2.15. The number of nitrogens with zero attached hydrogens (tertiary/aromatic N) is 3. The molecule has 6 nitrogen and oxygen atoms in total. The molecule has 0 fully saturated rings. The number of pyridine rings is 1. The first-order valence-corrected chi connectivity index (χ1v) is 9.00. The number of hydrogen-bond acceptors (Lipinski definition) is 5. The number of aromatic nitrogens is 3. The minimum atomic E-state index is -0.0977. The summed E-state index contributed by atoms with van der Waals surface area (Å²) in [7, 11) is 0. The molecule has 0 aliphatic heterocycles. The first kappa shape index (κ1) is 17.3. The third kappa shape index (κ3) is 4.32. The van der Waals surface area contributed by atoms with Crippen LogP contribution in [-0.2, 0) is 19.3 Å². The molecule has 0 aromatic carbocycles. The van der Waals surface area contributed by atoms with Gasteiger partial charge in [-0.2, -0.15) is 0 Å². The van der Waals surface area contributed by atoms with Crippen LogP contribution in [0.25, 0.3) is 0 Å². The second-order valence-corrected chi connectivity index (χ2v) is 6.33. The Kier molecular flexibility index (Phi) is 5.58. The fourth-order valence-electron chi connectivity index (χ4n) is 3.15. The van der Waals surface area contributed by atoms with E-state index in [1.807, 2.05) is 13.0 Å². The molecule has 6 heteroatoms. The van der Waals surface area contributed by atoms with Crippen LogP contribution in [-0.4, -0.2) is 33.9 Å². The Labute approximate surface area is 148 Å². The maximum absolute atomic E-state index is 11.7. The molecule has 1 aliphatic carbocycles. The first-order chi connectivity index (χ1) is 12.2. The summed E-state index contributed by atoms with van der Waals surface area (Å²) >= 11 is 0. The molecule has 2 aromatic heterocycles. The number of carbonyl (C=O) groups excluding carboxylic acids is 1. The lowest BCUT2D eigenvalue weighted by atomic mass is 9.95. The van der Waals surface area contributed by atoms with E-state index in [1.165, 1.54) is 24.1 Å². The van der Waals surface area contributed by atoms with Crippen molar-refractivity contribution in [2.45, 2.75) is 46.0 Å². The second-order valence-electron chi connectivity index (χ2n) is 6.33. The zero-order chi connectivity index (χ0) is 17.6. The summed E-state index contributed by atoms with van der Waals surface area (Å²) in [4.78, 5) is 25.4.